The summed E-state index contributed by atoms with van der Waals surface area (Å²) in [5.74, 6) is 1.27. The van der Waals surface area contributed by atoms with Crippen LogP contribution < -0.4 is 5.32 Å². The van der Waals surface area contributed by atoms with Crippen LogP contribution in [0.2, 0.25) is 0 Å². The number of hydrogen-bond acceptors (Lipinski definition) is 4. The van der Waals surface area contributed by atoms with Crippen molar-refractivity contribution in [3.8, 4) is 0 Å². The van der Waals surface area contributed by atoms with Crippen LogP contribution in [0, 0.1) is 0 Å². The van der Waals surface area contributed by atoms with E-state index in [4.69, 9.17) is 0 Å². The lowest BCUT2D eigenvalue weighted by Gasteiger charge is -2.13. The van der Waals surface area contributed by atoms with Gasteiger partial charge in [-0.25, -0.2) is 4.98 Å². The van der Waals surface area contributed by atoms with Gasteiger partial charge in [0.1, 0.15) is 0 Å². The molecule has 0 amide bonds. The second kappa shape index (κ2) is 7.39. The van der Waals surface area contributed by atoms with Gasteiger partial charge in [0.05, 0.1) is 10.7 Å². The number of rotatable bonds is 7. The Bertz CT molecular complexity index is 315. The zero-order valence-corrected chi connectivity index (χ0v) is 13.0. The van der Waals surface area contributed by atoms with Crippen LogP contribution in [-0.4, -0.2) is 23.5 Å². The van der Waals surface area contributed by atoms with Crippen LogP contribution >= 0.6 is 23.1 Å². The van der Waals surface area contributed by atoms with E-state index in [1.54, 1.807) is 11.3 Å². The number of aromatic nitrogens is 1. The molecule has 0 aliphatic carbocycles. The quantitative estimate of drug-likeness (QED) is 0.767. The maximum Gasteiger partial charge on any atom is 0.0982 e. The molecule has 1 aromatic heterocycles. The van der Waals surface area contributed by atoms with Crippen LogP contribution in [0.1, 0.15) is 44.3 Å². The largest absolute Gasteiger partial charge is 0.311 e. The Hall–Kier alpha value is -0.0600. The van der Waals surface area contributed by atoms with Crippen molar-refractivity contribution < 1.29 is 0 Å². The van der Waals surface area contributed by atoms with E-state index in [0.29, 0.717) is 0 Å². The van der Waals surface area contributed by atoms with Crippen molar-refractivity contribution in [2.45, 2.75) is 45.6 Å². The summed E-state index contributed by atoms with van der Waals surface area (Å²) >= 11 is 3.70. The lowest BCUT2D eigenvalue weighted by atomic mass is 9.98. The van der Waals surface area contributed by atoms with Crippen LogP contribution in [0.4, 0.5) is 0 Å². The highest BCUT2D eigenvalue weighted by Crippen LogP contribution is 2.25. The molecule has 1 heterocycles. The number of nitrogens with one attached hydrogen (secondary N) is 1. The number of hydrogen-bond donors (Lipinski definition) is 1. The number of unbranched alkanes of at least 4 members (excludes halogenated alkanes) is 1. The molecule has 1 rings (SSSR count). The highest BCUT2D eigenvalue weighted by molar-refractivity contribution is 7.98. The topological polar surface area (TPSA) is 24.9 Å². The molecule has 2 nitrogen and oxygen atoms in total. The molecular weight excluding hydrogens is 248 g/mol. The summed E-state index contributed by atoms with van der Waals surface area (Å²) in [4.78, 5) is 4.67. The molecule has 0 spiro atoms. The van der Waals surface area contributed by atoms with Crippen molar-refractivity contribution in [3.63, 3.8) is 0 Å². The van der Waals surface area contributed by atoms with Gasteiger partial charge in [-0.3, -0.25) is 0 Å². The SMILES string of the molecule is CSCCCCNCc1csc(C(C)(C)C)n1. The van der Waals surface area contributed by atoms with Gasteiger partial charge >= 0.3 is 0 Å². The first-order valence-electron chi connectivity index (χ1n) is 6.18. The van der Waals surface area contributed by atoms with Gasteiger partial charge in [0.2, 0.25) is 0 Å². The fraction of sp³-hybridized carbons (Fsp3) is 0.769. The van der Waals surface area contributed by atoms with Crippen molar-refractivity contribution in [1.29, 1.82) is 0 Å². The van der Waals surface area contributed by atoms with Crippen LogP contribution in [0.3, 0.4) is 0 Å². The Morgan fingerprint density at radius 1 is 1.35 bits per heavy atom. The van der Waals surface area contributed by atoms with Crippen molar-refractivity contribution >= 4 is 23.1 Å². The van der Waals surface area contributed by atoms with Gasteiger partial charge < -0.3 is 5.32 Å². The minimum absolute atomic E-state index is 0.182. The lowest BCUT2D eigenvalue weighted by molar-refractivity contribution is 0.578. The fourth-order valence-corrected chi connectivity index (χ4v) is 2.85. The van der Waals surface area contributed by atoms with Gasteiger partial charge in [-0.2, -0.15) is 11.8 Å². The molecule has 0 aromatic carbocycles. The van der Waals surface area contributed by atoms with Crippen LogP contribution in [0.5, 0.6) is 0 Å². The molecule has 4 heteroatoms. The lowest BCUT2D eigenvalue weighted by Crippen LogP contribution is -2.16. The van der Waals surface area contributed by atoms with E-state index >= 15 is 0 Å². The average Bonchev–Trinajstić information content (AvgIpc) is 2.71. The van der Waals surface area contributed by atoms with Gasteiger partial charge in [-0.1, -0.05) is 20.8 Å². The first-order chi connectivity index (χ1) is 8.04. The average molecular weight is 272 g/mol. The van der Waals surface area contributed by atoms with E-state index in [1.165, 1.54) is 29.3 Å². The summed E-state index contributed by atoms with van der Waals surface area (Å²) in [5, 5.41) is 6.87. The van der Waals surface area contributed by atoms with Crippen LogP contribution in [0.25, 0.3) is 0 Å². The molecule has 0 aliphatic heterocycles. The smallest absolute Gasteiger partial charge is 0.0982 e. The Morgan fingerprint density at radius 2 is 2.12 bits per heavy atom. The third-order valence-electron chi connectivity index (χ3n) is 2.45. The van der Waals surface area contributed by atoms with Crippen molar-refractivity contribution in [1.82, 2.24) is 10.3 Å². The molecule has 0 saturated carbocycles. The summed E-state index contributed by atoms with van der Waals surface area (Å²) < 4.78 is 0. The number of thioether (sulfide) groups is 1. The Balaban J connectivity index is 2.21. The van der Waals surface area contributed by atoms with Gasteiger partial charge in [0.25, 0.3) is 0 Å². The Morgan fingerprint density at radius 3 is 2.71 bits per heavy atom. The molecule has 0 atom stereocenters. The highest BCUT2D eigenvalue weighted by atomic mass is 32.2. The van der Waals surface area contributed by atoms with E-state index in [1.807, 2.05) is 11.8 Å². The predicted molar refractivity (Wildman–Crippen MR) is 80.1 cm³/mol. The third kappa shape index (κ3) is 5.89. The highest BCUT2D eigenvalue weighted by Gasteiger charge is 2.17. The van der Waals surface area contributed by atoms with Crippen LogP contribution in [-0.2, 0) is 12.0 Å². The molecule has 0 aliphatic rings. The molecule has 0 unspecified atom stereocenters. The van der Waals surface area contributed by atoms with E-state index in [0.717, 1.165) is 13.1 Å². The molecule has 17 heavy (non-hydrogen) atoms. The minimum Gasteiger partial charge on any atom is -0.311 e. The zero-order valence-electron chi connectivity index (χ0n) is 11.4. The van der Waals surface area contributed by atoms with Crippen molar-refractivity contribution in [2.75, 3.05) is 18.6 Å². The second-order valence-electron chi connectivity index (χ2n) is 5.27. The summed E-state index contributed by atoms with van der Waals surface area (Å²) in [6.07, 6.45) is 4.73. The van der Waals surface area contributed by atoms with E-state index in [2.05, 4.69) is 42.7 Å². The molecular formula is C13H24N2S2. The fourth-order valence-electron chi connectivity index (χ4n) is 1.45. The molecule has 0 bridgehead atoms. The van der Waals surface area contributed by atoms with E-state index < -0.39 is 0 Å². The summed E-state index contributed by atoms with van der Waals surface area (Å²) in [6.45, 7) is 8.65. The van der Waals surface area contributed by atoms with Gasteiger partial charge in [-0.05, 0) is 31.4 Å². The standard InChI is InChI=1S/C13H24N2S2/c1-13(2,3)12-15-11(10-17-12)9-14-7-5-6-8-16-4/h10,14H,5-9H2,1-4H3. The summed E-state index contributed by atoms with van der Waals surface area (Å²) in [7, 11) is 0. The van der Waals surface area contributed by atoms with E-state index in [-0.39, 0.29) is 5.41 Å². The maximum atomic E-state index is 4.67. The third-order valence-corrected chi connectivity index (χ3v) is 4.47. The summed E-state index contributed by atoms with van der Waals surface area (Å²) in [5.41, 5.74) is 1.37. The number of thiazole rings is 1. The van der Waals surface area contributed by atoms with E-state index in [9.17, 15) is 0 Å². The molecule has 98 valence electrons. The monoisotopic (exact) mass is 272 g/mol. The Labute approximate surface area is 114 Å². The molecule has 0 radical (unpaired) electrons. The first-order valence-corrected chi connectivity index (χ1v) is 8.46. The molecule has 1 aromatic rings. The predicted octanol–water partition coefficient (Wildman–Crippen LogP) is 3.67. The molecule has 0 fully saturated rings. The maximum absolute atomic E-state index is 4.67. The number of nitrogens with zero attached hydrogens (tertiary/aromatic N) is 1. The Kier molecular flexibility index (Phi) is 6.52. The normalized spacial score (nSPS) is 12.0. The van der Waals surface area contributed by atoms with Gasteiger partial charge in [0.15, 0.2) is 0 Å². The summed E-state index contributed by atoms with van der Waals surface area (Å²) in [6, 6.07) is 0. The van der Waals surface area contributed by atoms with Crippen LogP contribution in [0.15, 0.2) is 5.38 Å². The second-order valence-corrected chi connectivity index (χ2v) is 7.11. The van der Waals surface area contributed by atoms with Crippen molar-refractivity contribution in [2.24, 2.45) is 0 Å². The molecule has 0 saturated heterocycles. The molecule has 1 N–H and O–H groups in total. The van der Waals surface area contributed by atoms with Gasteiger partial charge in [0, 0.05) is 17.3 Å². The zero-order chi connectivity index (χ0) is 12.7. The minimum atomic E-state index is 0.182. The van der Waals surface area contributed by atoms with Gasteiger partial charge in [-0.15, -0.1) is 11.3 Å². The first kappa shape index (κ1) is 15.0. The van der Waals surface area contributed by atoms with Crippen molar-refractivity contribution in [3.05, 3.63) is 16.1 Å².